The Morgan fingerprint density at radius 1 is 1.06 bits per heavy atom. The van der Waals surface area contributed by atoms with Gasteiger partial charge in [0.2, 0.25) is 0 Å². The molecule has 0 atom stereocenters. The standard InChI is InChI=1S/C10H12O2.C2H2O4/c1-2-8-12-10(11)9-6-4-3-5-7-9;3-1(4)2(5)6/h3-7H,2,8H2,1H3;(H,3,4)(H,5,6). The van der Waals surface area contributed by atoms with Gasteiger partial charge in [0.25, 0.3) is 0 Å². The fraction of sp³-hybridized carbons (Fsp3) is 0.250. The van der Waals surface area contributed by atoms with Crippen LogP contribution < -0.4 is 0 Å². The molecule has 0 unspecified atom stereocenters. The van der Waals surface area contributed by atoms with Crippen molar-refractivity contribution in [2.45, 2.75) is 13.3 Å². The zero-order chi connectivity index (χ0) is 14.0. The van der Waals surface area contributed by atoms with E-state index >= 15 is 0 Å². The first-order valence-electron chi connectivity index (χ1n) is 5.17. The number of hydrogen-bond acceptors (Lipinski definition) is 4. The molecular formula is C12H14O6. The second kappa shape index (κ2) is 8.74. The van der Waals surface area contributed by atoms with E-state index in [4.69, 9.17) is 24.5 Å². The van der Waals surface area contributed by atoms with Crippen molar-refractivity contribution in [1.29, 1.82) is 0 Å². The van der Waals surface area contributed by atoms with E-state index < -0.39 is 11.9 Å². The molecule has 98 valence electrons. The van der Waals surface area contributed by atoms with Crippen molar-refractivity contribution in [3.05, 3.63) is 35.9 Å². The summed E-state index contributed by atoms with van der Waals surface area (Å²) in [5.74, 6) is -3.89. The lowest BCUT2D eigenvalue weighted by Crippen LogP contribution is -2.09. The van der Waals surface area contributed by atoms with Gasteiger partial charge in [-0.25, -0.2) is 14.4 Å². The van der Waals surface area contributed by atoms with Crippen LogP contribution in [0.3, 0.4) is 0 Å². The molecule has 0 saturated carbocycles. The quantitative estimate of drug-likeness (QED) is 0.624. The second-order valence-electron chi connectivity index (χ2n) is 3.11. The molecule has 0 aliphatic carbocycles. The average molecular weight is 254 g/mol. The Bertz CT molecular complexity index is 386. The van der Waals surface area contributed by atoms with Crippen molar-refractivity contribution in [2.75, 3.05) is 6.61 Å². The number of hydrogen-bond donors (Lipinski definition) is 2. The Morgan fingerprint density at radius 3 is 1.94 bits per heavy atom. The minimum Gasteiger partial charge on any atom is -0.473 e. The molecule has 1 rings (SSSR count). The Kier molecular flexibility index (Phi) is 7.59. The number of carbonyl (C=O) groups excluding carboxylic acids is 1. The molecule has 0 heterocycles. The highest BCUT2D eigenvalue weighted by Gasteiger charge is 2.04. The van der Waals surface area contributed by atoms with Crippen LogP contribution in [0.4, 0.5) is 0 Å². The lowest BCUT2D eigenvalue weighted by molar-refractivity contribution is -0.159. The maximum atomic E-state index is 11.2. The first kappa shape index (κ1) is 15.6. The van der Waals surface area contributed by atoms with E-state index in [1.807, 2.05) is 25.1 Å². The van der Waals surface area contributed by atoms with Crippen molar-refractivity contribution in [3.63, 3.8) is 0 Å². The Morgan fingerprint density at radius 2 is 1.56 bits per heavy atom. The first-order chi connectivity index (χ1) is 8.49. The molecule has 2 N–H and O–H groups in total. The molecule has 6 nitrogen and oxygen atoms in total. The van der Waals surface area contributed by atoms with Crippen LogP contribution in [0, 0.1) is 0 Å². The van der Waals surface area contributed by atoms with E-state index in [9.17, 15) is 4.79 Å². The van der Waals surface area contributed by atoms with Gasteiger partial charge >= 0.3 is 17.9 Å². The van der Waals surface area contributed by atoms with Crippen molar-refractivity contribution < 1.29 is 29.3 Å². The summed E-state index contributed by atoms with van der Waals surface area (Å²) < 4.78 is 4.94. The van der Waals surface area contributed by atoms with Gasteiger partial charge in [0.05, 0.1) is 12.2 Å². The largest absolute Gasteiger partial charge is 0.473 e. The van der Waals surface area contributed by atoms with Gasteiger partial charge in [0, 0.05) is 0 Å². The van der Waals surface area contributed by atoms with Crippen LogP contribution >= 0.6 is 0 Å². The number of carboxylic acid groups (broad SMARTS) is 2. The van der Waals surface area contributed by atoms with Crippen LogP contribution in [0.1, 0.15) is 23.7 Å². The Hall–Kier alpha value is -2.37. The van der Waals surface area contributed by atoms with E-state index in [1.54, 1.807) is 12.1 Å². The van der Waals surface area contributed by atoms with E-state index in [0.717, 1.165) is 6.42 Å². The predicted molar refractivity (Wildman–Crippen MR) is 62.3 cm³/mol. The average Bonchev–Trinajstić information content (AvgIpc) is 2.37. The number of rotatable bonds is 3. The van der Waals surface area contributed by atoms with Crippen molar-refractivity contribution >= 4 is 17.9 Å². The fourth-order valence-corrected chi connectivity index (χ4v) is 0.852. The van der Waals surface area contributed by atoms with Gasteiger partial charge in [0.1, 0.15) is 0 Å². The van der Waals surface area contributed by atoms with Gasteiger partial charge < -0.3 is 14.9 Å². The van der Waals surface area contributed by atoms with Crippen molar-refractivity contribution in [1.82, 2.24) is 0 Å². The molecule has 0 saturated heterocycles. The molecule has 0 aromatic heterocycles. The SMILES string of the molecule is CCCOC(=O)c1ccccc1.O=C(O)C(=O)O. The smallest absolute Gasteiger partial charge is 0.414 e. The number of benzene rings is 1. The maximum absolute atomic E-state index is 11.2. The summed E-state index contributed by atoms with van der Waals surface area (Å²) in [5.41, 5.74) is 0.617. The highest BCUT2D eigenvalue weighted by Crippen LogP contribution is 2.00. The summed E-state index contributed by atoms with van der Waals surface area (Å²) in [4.78, 5) is 29.4. The summed E-state index contributed by atoms with van der Waals surface area (Å²) in [6.45, 7) is 2.46. The van der Waals surface area contributed by atoms with Gasteiger partial charge in [0.15, 0.2) is 0 Å². The number of esters is 1. The fourth-order valence-electron chi connectivity index (χ4n) is 0.852. The minimum absolute atomic E-state index is 0.238. The summed E-state index contributed by atoms with van der Waals surface area (Å²) in [7, 11) is 0. The Balaban J connectivity index is 0.000000411. The molecule has 18 heavy (non-hydrogen) atoms. The topological polar surface area (TPSA) is 101 Å². The summed E-state index contributed by atoms with van der Waals surface area (Å²) >= 11 is 0. The molecule has 0 spiro atoms. The summed E-state index contributed by atoms with van der Waals surface area (Å²) in [6, 6.07) is 9.01. The lowest BCUT2D eigenvalue weighted by atomic mass is 10.2. The van der Waals surface area contributed by atoms with E-state index in [2.05, 4.69) is 0 Å². The van der Waals surface area contributed by atoms with Crippen LogP contribution in [0.5, 0.6) is 0 Å². The number of carbonyl (C=O) groups is 3. The van der Waals surface area contributed by atoms with E-state index in [0.29, 0.717) is 12.2 Å². The third kappa shape index (κ3) is 7.00. The van der Waals surface area contributed by atoms with Crippen molar-refractivity contribution in [3.8, 4) is 0 Å². The molecular weight excluding hydrogens is 240 g/mol. The normalized spacial score (nSPS) is 8.72. The molecule has 0 radical (unpaired) electrons. The van der Waals surface area contributed by atoms with Crippen LogP contribution in [0.2, 0.25) is 0 Å². The van der Waals surface area contributed by atoms with Crippen LogP contribution in [0.15, 0.2) is 30.3 Å². The molecule has 1 aromatic rings. The molecule has 0 bridgehead atoms. The van der Waals surface area contributed by atoms with Gasteiger partial charge in [-0.3, -0.25) is 0 Å². The molecule has 1 aromatic carbocycles. The number of aliphatic carboxylic acids is 2. The molecule has 0 aliphatic heterocycles. The molecule has 0 fully saturated rings. The zero-order valence-electron chi connectivity index (χ0n) is 9.83. The Labute approximate surface area is 104 Å². The summed E-state index contributed by atoms with van der Waals surface area (Å²) in [6.07, 6.45) is 0.860. The van der Waals surface area contributed by atoms with E-state index in [-0.39, 0.29) is 5.97 Å². The highest BCUT2D eigenvalue weighted by atomic mass is 16.5. The van der Waals surface area contributed by atoms with Gasteiger partial charge in [-0.2, -0.15) is 0 Å². The molecule has 6 heteroatoms. The monoisotopic (exact) mass is 254 g/mol. The first-order valence-corrected chi connectivity index (χ1v) is 5.17. The van der Waals surface area contributed by atoms with Crippen LogP contribution in [-0.2, 0) is 14.3 Å². The van der Waals surface area contributed by atoms with Gasteiger partial charge in [-0.05, 0) is 18.6 Å². The number of ether oxygens (including phenoxy) is 1. The van der Waals surface area contributed by atoms with Crippen LogP contribution in [-0.4, -0.2) is 34.7 Å². The molecule has 0 amide bonds. The number of carboxylic acids is 2. The highest BCUT2D eigenvalue weighted by molar-refractivity contribution is 6.27. The zero-order valence-corrected chi connectivity index (χ0v) is 9.83. The third-order valence-corrected chi connectivity index (χ3v) is 1.63. The van der Waals surface area contributed by atoms with Crippen molar-refractivity contribution in [2.24, 2.45) is 0 Å². The van der Waals surface area contributed by atoms with Gasteiger partial charge in [-0.1, -0.05) is 25.1 Å². The maximum Gasteiger partial charge on any atom is 0.414 e. The van der Waals surface area contributed by atoms with E-state index in [1.165, 1.54) is 0 Å². The van der Waals surface area contributed by atoms with Gasteiger partial charge in [-0.15, -0.1) is 0 Å². The third-order valence-electron chi connectivity index (χ3n) is 1.63. The second-order valence-corrected chi connectivity index (χ2v) is 3.11. The molecule has 0 aliphatic rings. The van der Waals surface area contributed by atoms with Crippen LogP contribution in [0.25, 0.3) is 0 Å². The minimum atomic E-state index is -1.82. The summed E-state index contributed by atoms with van der Waals surface area (Å²) in [5, 5.41) is 14.8. The predicted octanol–water partition coefficient (Wildman–Crippen LogP) is 1.41. The lowest BCUT2D eigenvalue weighted by Gasteiger charge is -2.01.